The van der Waals surface area contributed by atoms with Crippen molar-refractivity contribution in [2.75, 3.05) is 0 Å². The van der Waals surface area contributed by atoms with Crippen LogP contribution >= 0.6 is 71.0 Å². The molecule has 7 heteroatoms. The monoisotopic (exact) mass is 486 g/mol. The molecule has 0 atom stereocenters. The van der Waals surface area contributed by atoms with Crippen molar-refractivity contribution in [1.82, 2.24) is 0 Å². The molecule has 0 aromatic heterocycles. The normalized spacial score (nSPS) is 12.3. The van der Waals surface area contributed by atoms with E-state index in [0.717, 1.165) is 4.47 Å². The third-order valence-electron chi connectivity index (χ3n) is 2.48. The predicted molar refractivity (Wildman–Crippen MR) is 86.2 cm³/mol. The standard InChI is InChI=1S/C12H3Br3Cl2O2/c13-5-1-4(16)2-8-10(5)19-11-6(14)3-7(17)9(15)12(11)18-8/h1-3H. The van der Waals surface area contributed by atoms with Gasteiger partial charge in [-0.15, -0.1) is 0 Å². The number of rotatable bonds is 0. The molecule has 19 heavy (non-hydrogen) atoms. The first-order valence-corrected chi connectivity index (χ1v) is 8.13. The molecule has 98 valence electrons. The van der Waals surface area contributed by atoms with Crippen LogP contribution in [0.25, 0.3) is 0 Å². The predicted octanol–water partition coefficient (Wildman–Crippen LogP) is 7.18. The van der Waals surface area contributed by atoms with Crippen molar-refractivity contribution in [2.45, 2.75) is 0 Å². The minimum absolute atomic E-state index is 0.515. The second kappa shape index (κ2) is 5.11. The first kappa shape index (κ1) is 14.0. The van der Waals surface area contributed by atoms with Crippen molar-refractivity contribution in [1.29, 1.82) is 0 Å². The number of ether oxygens (including phenoxy) is 2. The highest BCUT2D eigenvalue weighted by Crippen LogP contribution is 2.55. The van der Waals surface area contributed by atoms with Gasteiger partial charge in [0.1, 0.15) is 0 Å². The van der Waals surface area contributed by atoms with Crippen molar-refractivity contribution >= 4 is 71.0 Å². The van der Waals surface area contributed by atoms with Crippen LogP contribution in [0.15, 0.2) is 31.6 Å². The van der Waals surface area contributed by atoms with Gasteiger partial charge in [-0.2, -0.15) is 0 Å². The Morgan fingerprint density at radius 3 is 2.21 bits per heavy atom. The molecule has 0 unspecified atom stereocenters. The fourth-order valence-electron chi connectivity index (χ4n) is 1.67. The molecule has 0 bridgehead atoms. The van der Waals surface area contributed by atoms with Gasteiger partial charge in [0.2, 0.25) is 0 Å². The molecular formula is C12H3Br3Cl2O2. The lowest BCUT2D eigenvalue weighted by Gasteiger charge is -2.24. The second-order valence-corrected chi connectivity index (χ2v) is 7.08. The van der Waals surface area contributed by atoms with Crippen LogP contribution in [-0.2, 0) is 0 Å². The van der Waals surface area contributed by atoms with Crippen molar-refractivity contribution < 1.29 is 9.47 Å². The maximum Gasteiger partial charge on any atom is 0.187 e. The van der Waals surface area contributed by atoms with E-state index in [1.807, 2.05) is 0 Å². The van der Waals surface area contributed by atoms with E-state index in [9.17, 15) is 0 Å². The molecule has 1 aliphatic heterocycles. The van der Waals surface area contributed by atoms with E-state index in [-0.39, 0.29) is 0 Å². The summed E-state index contributed by atoms with van der Waals surface area (Å²) in [5.41, 5.74) is 0. The number of halogens is 5. The molecule has 0 spiro atoms. The van der Waals surface area contributed by atoms with Crippen LogP contribution in [-0.4, -0.2) is 0 Å². The Hall–Kier alpha value is 0.0600. The highest BCUT2D eigenvalue weighted by molar-refractivity contribution is 9.11. The first-order chi connectivity index (χ1) is 8.97. The minimum Gasteiger partial charge on any atom is -0.448 e. The fraction of sp³-hybridized carbons (Fsp3) is 0. The quantitative estimate of drug-likeness (QED) is 0.311. The van der Waals surface area contributed by atoms with E-state index in [1.54, 1.807) is 18.2 Å². The maximum atomic E-state index is 6.09. The van der Waals surface area contributed by atoms with E-state index >= 15 is 0 Å². The van der Waals surface area contributed by atoms with Crippen molar-refractivity contribution in [3.8, 4) is 23.0 Å². The molecule has 0 fully saturated rings. The SMILES string of the molecule is Clc1cc(Br)c2c(c1)Oc1c(Br)c(Cl)cc(Br)c1O2. The highest BCUT2D eigenvalue weighted by Gasteiger charge is 2.27. The molecule has 0 saturated carbocycles. The lowest BCUT2D eigenvalue weighted by molar-refractivity contribution is 0.354. The van der Waals surface area contributed by atoms with Crippen molar-refractivity contribution in [2.24, 2.45) is 0 Å². The molecule has 0 amide bonds. The Kier molecular flexibility index (Phi) is 3.77. The molecule has 1 heterocycles. The average molecular weight is 490 g/mol. The maximum absolute atomic E-state index is 6.09. The number of benzene rings is 2. The van der Waals surface area contributed by atoms with Crippen LogP contribution in [0.2, 0.25) is 10.0 Å². The number of hydrogen-bond donors (Lipinski definition) is 0. The number of hydrogen-bond acceptors (Lipinski definition) is 2. The highest BCUT2D eigenvalue weighted by atomic mass is 79.9. The van der Waals surface area contributed by atoms with E-state index in [0.29, 0.717) is 42.0 Å². The summed E-state index contributed by atoms with van der Waals surface area (Å²) < 4.78 is 13.8. The third-order valence-corrected chi connectivity index (χ3v) is 5.19. The lowest BCUT2D eigenvalue weighted by atomic mass is 10.2. The molecule has 0 N–H and O–H groups in total. The zero-order valence-corrected chi connectivity index (χ0v) is 15.2. The van der Waals surface area contributed by atoms with Gasteiger partial charge in [0.05, 0.1) is 18.4 Å². The number of fused-ring (bicyclic) bond motifs is 2. The summed E-state index contributed by atoms with van der Waals surface area (Å²) >= 11 is 22.3. The fourth-order valence-corrected chi connectivity index (χ4v) is 3.72. The third kappa shape index (κ3) is 2.40. The van der Waals surface area contributed by atoms with Gasteiger partial charge in [0.25, 0.3) is 0 Å². The first-order valence-electron chi connectivity index (χ1n) is 4.99. The second-order valence-electron chi connectivity index (χ2n) is 3.73. The van der Waals surface area contributed by atoms with Crippen LogP contribution in [0.1, 0.15) is 0 Å². The summed E-state index contributed by atoms with van der Waals surface area (Å²) in [4.78, 5) is 0. The Morgan fingerprint density at radius 2 is 1.47 bits per heavy atom. The van der Waals surface area contributed by atoms with Crippen LogP contribution in [0.5, 0.6) is 23.0 Å². The molecule has 3 rings (SSSR count). The van der Waals surface area contributed by atoms with Gasteiger partial charge in [-0.3, -0.25) is 0 Å². The molecule has 1 aliphatic rings. The van der Waals surface area contributed by atoms with Crippen LogP contribution in [0.4, 0.5) is 0 Å². The molecule has 2 nitrogen and oxygen atoms in total. The van der Waals surface area contributed by atoms with Crippen LogP contribution < -0.4 is 9.47 Å². The van der Waals surface area contributed by atoms with Gasteiger partial charge < -0.3 is 9.47 Å². The van der Waals surface area contributed by atoms with Gasteiger partial charge in [-0.1, -0.05) is 23.2 Å². The molecule has 0 saturated heterocycles. The van der Waals surface area contributed by atoms with Gasteiger partial charge in [0.15, 0.2) is 23.0 Å². The molecule has 0 radical (unpaired) electrons. The minimum atomic E-state index is 0.515. The zero-order chi connectivity index (χ0) is 13.7. The van der Waals surface area contributed by atoms with E-state index in [2.05, 4.69) is 47.8 Å². The Balaban J connectivity index is 2.22. The Labute approximate surface area is 144 Å². The molecule has 2 aromatic carbocycles. The lowest BCUT2D eigenvalue weighted by Crippen LogP contribution is -2.01. The smallest absolute Gasteiger partial charge is 0.187 e. The summed E-state index contributed by atoms with van der Waals surface area (Å²) in [5.74, 6) is 2.18. The largest absolute Gasteiger partial charge is 0.448 e. The van der Waals surface area contributed by atoms with Crippen molar-refractivity contribution in [3.63, 3.8) is 0 Å². The summed E-state index contributed by atoms with van der Waals surface area (Å²) in [5, 5.41) is 1.08. The van der Waals surface area contributed by atoms with Crippen LogP contribution in [0, 0.1) is 0 Å². The molecular weight excluding hydrogens is 487 g/mol. The van der Waals surface area contributed by atoms with E-state index in [4.69, 9.17) is 32.7 Å². The zero-order valence-electron chi connectivity index (χ0n) is 8.94. The Morgan fingerprint density at radius 1 is 0.789 bits per heavy atom. The van der Waals surface area contributed by atoms with Crippen LogP contribution in [0.3, 0.4) is 0 Å². The molecule has 2 aromatic rings. The topological polar surface area (TPSA) is 18.5 Å². The summed E-state index contributed by atoms with van der Waals surface area (Å²) in [7, 11) is 0. The summed E-state index contributed by atoms with van der Waals surface area (Å²) in [6, 6.07) is 5.17. The molecule has 0 aliphatic carbocycles. The average Bonchev–Trinajstić information content (AvgIpc) is 2.34. The van der Waals surface area contributed by atoms with Gasteiger partial charge >= 0.3 is 0 Å². The Bertz CT molecular complexity index is 704. The van der Waals surface area contributed by atoms with E-state index < -0.39 is 0 Å². The van der Waals surface area contributed by atoms with Gasteiger partial charge in [-0.25, -0.2) is 0 Å². The van der Waals surface area contributed by atoms with Gasteiger partial charge in [-0.05, 0) is 59.9 Å². The van der Waals surface area contributed by atoms with Gasteiger partial charge in [0, 0.05) is 11.1 Å². The van der Waals surface area contributed by atoms with E-state index in [1.165, 1.54) is 0 Å². The summed E-state index contributed by atoms with van der Waals surface area (Å²) in [6.07, 6.45) is 0. The van der Waals surface area contributed by atoms with Crippen molar-refractivity contribution in [3.05, 3.63) is 41.7 Å². The summed E-state index contributed by atoms with van der Waals surface area (Å²) in [6.45, 7) is 0.